The number of anilines is 1. The first-order valence-electron chi connectivity index (χ1n) is 5.94. The van der Waals surface area contributed by atoms with Crippen molar-refractivity contribution in [3.05, 3.63) is 55.4 Å². The number of benzene rings is 1. The van der Waals surface area contributed by atoms with Crippen molar-refractivity contribution in [1.29, 1.82) is 0 Å². The number of nitrogens with zero attached hydrogens (tertiary/aromatic N) is 2. The molecule has 1 aliphatic heterocycles. The summed E-state index contributed by atoms with van der Waals surface area (Å²) >= 11 is 11.8. The molecule has 0 unspecified atom stereocenters. The predicted molar refractivity (Wildman–Crippen MR) is 79.9 cm³/mol. The van der Waals surface area contributed by atoms with Crippen molar-refractivity contribution in [2.45, 2.75) is 13.1 Å². The number of fused-ring (bicyclic) bond motifs is 1. The lowest BCUT2D eigenvalue weighted by atomic mass is 10.2. The highest BCUT2D eigenvalue weighted by molar-refractivity contribution is 6.42. The van der Waals surface area contributed by atoms with E-state index in [9.17, 15) is 4.79 Å². The monoisotopic (exact) mass is 308 g/mol. The van der Waals surface area contributed by atoms with Crippen LogP contribution >= 0.6 is 23.2 Å². The van der Waals surface area contributed by atoms with E-state index in [-0.39, 0.29) is 5.56 Å². The van der Waals surface area contributed by atoms with Gasteiger partial charge in [0.05, 0.1) is 27.8 Å². The normalized spacial score (nSPS) is 12.5. The average molecular weight is 309 g/mol. The highest BCUT2D eigenvalue weighted by Gasteiger charge is 2.13. The quantitative estimate of drug-likeness (QED) is 0.915. The van der Waals surface area contributed by atoms with Crippen LogP contribution in [0.4, 0.5) is 5.95 Å². The lowest BCUT2D eigenvalue weighted by molar-refractivity contribution is 0.981. The molecule has 0 atom stereocenters. The van der Waals surface area contributed by atoms with Crippen molar-refractivity contribution in [3.63, 3.8) is 0 Å². The third-order valence-electron chi connectivity index (χ3n) is 2.95. The van der Waals surface area contributed by atoms with E-state index < -0.39 is 0 Å². The van der Waals surface area contributed by atoms with Crippen LogP contribution in [0.15, 0.2) is 28.0 Å². The molecule has 102 valence electrons. The van der Waals surface area contributed by atoms with Gasteiger partial charge in [-0.25, -0.2) is 4.98 Å². The predicted octanol–water partition coefficient (Wildman–Crippen LogP) is 2.62. The van der Waals surface area contributed by atoms with E-state index in [1.807, 2.05) is 6.07 Å². The highest BCUT2D eigenvalue weighted by Crippen LogP contribution is 2.22. The molecule has 7 heteroatoms. The minimum absolute atomic E-state index is 0.163. The summed E-state index contributed by atoms with van der Waals surface area (Å²) in [4.78, 5) is 22.8. The molecule has 5 nitrogen and oxygen atoms in total. The zero-order chi connectivity index (χ0) is 14.1. The van der Waals surface area contributed by atoms with Gasteiger partial charge in [-0.05, 0) is 17.7 Å². The van der Waals surface area contributed by atoms with Crippen molar-refractivity contribution in [2.75, 3.05) is 5.32 Å². The Morgan fingerprint density at radius 3 is 2.95 bits per heavy atom. The molecule has 0 bridgehead atoms. The number of hydrogen-bond acceptors (Lipinski definition) is 4. The van der Waals surface area contributed by atoms with Crippen LogP contribution in [0.3, 0.4) is 0 Å². The van der Waals surface area contributed by atoms with Crippen LogP contribution in [0.5, 0.6) is 0 Å². The zero-order valence-electron chi connectivity index (χ0n) is 10.3. The first-order valence-corrected chi connectivity index (χ1v) is 6.70. The molecule has 0 saturated carbocycles. The Morgan fingerprint density at radius 1 is 1.30 bits per heavy atom. The summed E-state index contributed by atoms with van der Waals surface area (Å²) in [5, 5.41) is 4.05. The van der Waals surface area contributed by atoms with E-state index in [2.05, 4.69) is 20.3 Å². The largest absolute Gasteiger partial charge is 0.352 e. The fourth-order valence-electron chi connectivity index (χ4n) is 1.92. The summed E-state index contributed by atoms with van der Waals surface area (Å²) in [5.41, 5.74) is 2.00. The fraction of sp³-hybridized carbons (Fsp3) is 0.154. The molecular weight excluding hydrogens is 299 g/mol. The summed E-state index contributed by atoms with van der Waals surface area (Å²) in [5.74, 6) is 0.410. The molecule has 1 aromatic carbocycles. The minimum Gasteiger partial charge on any atom is -0.352 e. The van der Waals surface area contributed by atoms with Crippen LogP contribution in [-0.4, -0.2) is 16.2 Å². The Bertz CT molecular complexity index is 755. The maximum absolute atomic E-state index is 11.8. The molecule has 0 amide bonds. The van der Waals surface area contributed by atoms with Crippen LogP contribution in [0.25, 0.3) is 0 Å². The van der Waals surface area contributed by atoms with E-state index >= 15 is 0 Å². The summed E-state index contributed by atoms with van der Waals surface area (Å²) in [6.45, 7) is 0.875. The molecule has 0 fully saturated rings. The van der Waals surface area contributed by atoms with Crippen molar-refractivity contribution in [3.8, 4) is 0 Å². The molecule has 2 N–H and O–H groups in total. The van der Waals surface area contributed by atoms with E-state index in [1.165, 1.54) is 0 Å². The molecular formula is C13H10Cl2N4O. The first kappa shape index (κ1) is 13.1. The van der Waals surface area contributed by atoms with Gasteiger partial charge in [-0.15, -0.1) is 0 Å². The molecule has 0 aliphatic carbocycles. The number of aromatic amines is 1. The molecule has 1 aromatic heterocycles. The minimum atomic E-state index is -0.163. The number of aromatic nitrogens is 2. The van der Waals surface area contributed by atoms with Crippen LogP contribution in [0.1, 0.15) is 16.8 Å². The average Bonchev–Trinajstić information content (AvgIpc) is 2.89. The Hall–Kier alpha value is -1.85. The molecule has 2 heterocycles. The number of halogens is 2. The number of H-pyrrole nitrogens is 1. The third-order valence-corrected chi connectivity index (χ3v) is 3.69. The second kappa shape index (κ2) is 5.26. The SMILES string of the molecule is O=c1[nH]c(NCc2ccc(Cl)c(Cl)c2)nc2c1CN=C2. The van der Waals surface area contributed by atoms with Crippen molar-refractivity contribution < 1.29 is 0 Å². The fourth-order valence-corrected chi connectivity index (χ4v) is 2.24. The molecule has 2 aromatic rings. The smallest absolute Gasteiger partial charge is 0.258 e. The van der Waals surface area contributed by atoms with Gasteiger partial charge in [-0.1, -0.05) is 29.3 Å². The van der Waals surface area contributed by atoms with Gasteiger partial charge in [0.2, 0.25) is 5.95 Å². The number of rotatable bonds is 3. The van der Waals surface area contributed by atoms with Crippen molar-refractivity contribution >= 4 is 35.4 Å². The van der Waals surface area contributed by atoms with Gasteiger partial charge in [0.25, 0.3) is 5.56 Å². The Labute approximate surface area is 124 Å². The van der Waals surface area contributed by atoms with E-state index in [0.717, 1.165) is 5.56 Å². The summed E-state index contributed by atoms with van der Waals surface area (Å²) in [7, 11) is 0. The molecule has 20 heavy (non-hydrogen) atoms. The van der Waals surface area contributed by atoms with Crippen molar-refractivity contribution in [1.82, 2.24) is 9.97 Å². The molecule has 0 spiro atoms. The summed E-state index contributed by atoms with van der Waals surface area (Å²) in [6.07, 6.45) is 1.61. The Balaban J connectivity index is 1.78. The molecule has 0 radical (unpaired) electrons. The van der Waals surface area contributed by atoms with Gasteiger partial charge in [0.1, 0.15) is 0 Å². The highest BCUT2D eigenvalue weighted by atomic mass is 35.5. The second-order valence-electron chi connectivity index (χ2n) is 4.35. The van der Waals surface area contributed by atoms with Gasteiger partial charge in [-0.2, -0.15) is 0 Å². The maximum Gasteiger partial charge on any atom is 0.258 e. The van der Waals surface area contributed by atoms with Crippen LogP contribution < -0.4 is 10.9 Å². The topological polar surface area (TPSA) is 70.1 Å². The van der Waals surface area contributed by atoms with E-state index in [0.29, 0.717) is 40.3 Å². The van der Waals surface area contributed by atoms with Gasteiger partial charge in [0, 0.05) is 12.8 Å². The van der Waals surface area contributed by atoms with Crippen LogP contribution in [-0.2, 0) is 13.1 Å². The first-order chi connectivity index (χ1) is 9.63. The van der Waals surface area contributed by atoms with Gasteiger partial charge >= 0.3 is 0 Å². The van der Waals surface area contributed by atoms with Gasteiger partial charge in [-0.3, -0.25) is 14.8 Å². The number of nitrogens with one attached hydrogen (secondary N) is 2. The molecule has 1 aliphatic rings. The number of hydrogen-bond donors (Lipinski definition) is 2. The summed E-state index contributed by atoms with van der Waals surface area (Å²) < 4.78 is 0. The van der Waals surface area contributed by atoms with Crippen molar-refractivity contribution in [2.24, 2.45) is 4.99 Å². The lowest BCUT2D eigenvalue weighted by Gasteiger charge is -2.07. The van der Waals surface area contributed by atoms with E-state index in [1.54, 1.807) is 18.3 Å². The maximum atomic E-state index is 11.8. The molecule has 3 rings (SSSR count). The lowest BCUT2D eigenvalue weighted by Crippen LogP contribution is -2.18. The summed E-state index contributed by atoms with van der Waals surface area (Å²) in [6, 6.07) is 5.35. The third kappa shape index (κ3) is 2.55. The Kier molecular flexibility index (Phi) is 3.46. The van der Waals surface area contributed by atoms with Gasteiger partial charge < -0.3 is 5.32 Å². The second-order valence-corrected chi connectivity index (χ2v) is 5.16. The van der Waals surface area contributed by atoms with Gasteiger partial charge in [0.15, 0.2) is 0 Å². The van der Waals surface area contributed by atoms with E-state index in [4.69, 9.17) is 23.2 Å². The standard InChI is InChI=1S/C13H10Cl2N4O/c14-9-2-1-7(3-10(9)15)4-17-13-18-11-6-16-5-8(11)12(20)19-13/h1-3,6H,4-5H2,(H2,17,18,19,20). The van der Waals surface area contributed by atoms with Crippen LogP contribution in [0.2, 0.25) is 10.0 Å². The van der Waals surface area contributed by atoms with Crippen LogP contribution in [0, 0.1) is 0 Å². The molecule has 0 saturated heterocycles. The zero-order valence-corrected chi connectivity index (χ0v) is 11.8. The number of aliphatic imine (C=N–C) groups is 1. The Morgan fingerprint density at radius 2 is 2.15 bits per heavy atom.